The molecule has 1 amide bonds. The topological polar surface area (TPSA) is 105 Å². The monoisotopic (exact) mass is 420 g/mol. The number of rotatable bonds is 3. The minimum atomic E-state index is -0.220. The van der Waals surface area contributed by atoms with Crippen molar-refractivity contribution in [2.24, 2.45) is 0 Å². The van der Waals surface area contributed by atoms with Crippen molar-refractivity contribution in [2.75, 3.05) is 18.1 Å². The van der Waals surface area contributed by atoms with Gasteiger partial charge in [0.1, 0.15) is 6.04 Å². The molecule has 1 aliphatic heterocycles. The number of benzene rings is 1. The largest absolute Gasteiger partial charge is 0.325 e. The van der Waals surface area contributed by atoms with Crippen LogP contribution in [-0.2, 0) is 0 Å². The molecule has 9 nitrogen and oxygen atoms in total. The van der Waals surface area contributed by atoms with Crippen LogP contribution in [0.15, 0.2) is 34.9 Å². The van der Waals surface area contributed by atoms with Gasteiger partial charge in [-0.25, -0.2) is 4.68 Å². The number of H-pyrrole nitrogens is 1. The molecule has 4 rings (SSSR count). The highest BCUT2D eigenvalue weighted by Gasteiger charge is 2.33. The van der Waals surface area contributed by atoms with Gasteiger partial charge in [0.05, 0.1) is 11.9 Å². The molecule has 1 aromatic carbocycles. The number of hydrogen-bond donors (Lipinski definition) is 1. The van der Waals surface area contributed by atoms with Crippen LogP contribution in [-0.4, -0.2) is 64.5 Å². The molecule has 1 atom stereocenters. The van der Waals surface area contributed by atoms with Gasteiger partial charge in [0.25, 0.3) is 5.91 Å². The zero-order chi connectivity index (χ0) is 17.2. The Balaban J connectivity index is 1.58. The molecule has 11 heteroatoms. The molecule has 1 saturated heterocycles. The van der Waals surface area contributed by atoms with Crippen molar-refractivity contribution in [1.29, 1.82) is 0 Å². The summed E-state index contributed by atoms with van der Waals surface area (Å²) in [5, 5.41) is 22.2. The molecule has 1 N–H and O–H groups in total. The van der Waals surface area contributed by atoms with Crippen LogP contribution in [0.5, 0.6) is 0 Å². The Bertz CT molecular complexity index is 865. The lowest BCUT2D eigenvalue weighted by molar-refractivity contribution is 0.0688. The number of aromatic nitrogens is 7. The van der Waals surface area contributed by atoms with Crippen molar-refractivity contribution in [3.8, 4) is 5.69 Å². The second-order valence-electron chi connectivity index (χ2n) is 5.38. The SMILES string of the molecule is O=C(c1cn(-c2ccc(Br)cc2)nn1)N1CCSCC1c1nn[nH]n1. The summed E-state index contributed by atoms with van der Waals surface area (Å²) in [6.45, 7) is 0.605. The number of thioether (sulfide) groups is 1. The third-order valence-electron chi connectivity index (χ3n) is 3.85. The van der Waals surface area contributed by atoms with Crippen LogP contribution in [0.2, 0.25) is 0 Å². The van der Waals surface area contributed by atoms with E-state index in [1.54, 1.807) is 27.5 Å². The van der Waals surface area contributed by atoms with E-state index >= 15 is 0 Å². The van der Waals surface area contributed by atoms with Gasteiger partial charge in [-0.15, -0.1) is 15.3 Å². The smallest absolute Gasteiger partial charge is 0.276 e. The number of nitrogens with zero attached hydrogens (tertiary/aromatic N) is 7. The number of aromatic amines is 1. The van der Waals surface area contributed by atoms with Gasteiger partial charge in [0.2, 0.25) is 0 Å². The maximum Gasteiger partial charge on any atom is 0.276 e. The summed E-state index contributed by atoms with van der Waals surface area (Å²) in [5.74, 6) is 1.92. The van der Waals surface area contributed by atoms with Crippen LogP contribution in [0.25, 0.3) is 5.69 Å². The Kier molecular flexibility index (Phi) is 4.49. The Hall–Kier alpha value is -2.27. The van der Waals surface area contributed by atoms with Crippen molar-refractivity contribution >= 4 is 33.6 Å². The van der Waals surface area contributed by atoms with Gasteiger partial charge in [-0.05, 0) is 24.3 Å². The number of tetrazole rings is 1. The first-order valence-corrected chi connectivity index (χ1v) is 9.47. The van der Waals surface area contributed by atoms with Crippen LogP contribution in [0.1, 0.15) is 22.4 Å². The van der Waals surface area contributed by atoms with Gasteiger partial charge in [-0.3, -0.25) is 4.79 Å². The second-order valence-corrected chi connectivity index (χ2v) is 7.45. The van der Waals surface area contributed by atoms with Crippen molar-refractivity contribution in [3.63, 3.8) is 0 Å². The van der Waals surface area contributed by atoms with E-state index in [1.807, 2.05) is 24.3 Å². The molecular formula is C14H13BrN8OS. The van der Waals surface area contributed by atoms with E-state index < -0.39 is 0 Å². The minimum absolute atomic E-state index is 0.182. The minimum Gasteiger partial charge on any atom is -0.325 e. The van der Waals surface area contributed by atoms with Crippen molar-refractivity contribution in [3.05, 3.63) is 46.5 Å². The molecular weight excluding hydrogens is 408 g/mol. The van der Waals surface area contributed by atoms with Crippen molar-refractivity contribution in [1.82, 2.24) is 40.5 Å². The first-order chi connectivity index (χ1) is 12.2. The number of carbonyl (C=O) groups is 1. The number of hydrogen-bond acceptors (Lipinski definition) is 7. The maximum absolute atomic E-state index is 12.9. The standard InChI is InChI=1S/C14H13BrN8OS/c15-9-1-3-10(4-2-9)23-7-11(16-21-23)14(24)22-5-6-25-8-12(22)13-17-19-20-18-13/h1-4,7,12H,5-6,8H2,(H,17,18,19,20). The molecule has 3 aromatic rings. The first-order valence-electron chi connectivity index (χ1n) is 7.53. The fourth-order valence-electron chi connectivity index (χ4n) is 2.60. The van der Waals surface area contributed by atoms with Crippen molar-refractivity contribution < 1.29 is 4.79 Å². The van der Waals surface area contributed by atoms with E-state index in [4.69, 9.17) is 0 Å². The number of nitrogens with one attached hydrogen (secondary N) is 1. The summed E-state index contributed by atoms with van der Waals surface area (Å²) in [6, 6.07) is 7.39. The summed E-state index contributed by atoms with van der Waals surface area (Å²) in [5.41, 5.74) is 1.13. The zero-order valence-corrected chi connectivity index (χ0v) is 15.3. The molecule has 0 spiro atoms. The maximum atomic E-state index is 12.9. The summed E-state index contributed by atoms with van der Waals surface area (Å²) in [6.07, 6.45) is 1.64. The van der Waals surface area contributed by atoms with Crippen LogP contribution in [0.3, 0.4) is 0 Å². The van der Waals surface area contributed by atoms with Crippen LogP contribution >= 0.6 is 27.7 Å². The van der Waals surface area contributed by atoms with Gasteiger partial charge in [0, 0.05) is 22.5 Å². The summed E-state index contributed by atoms with van der Waals surface area (Å²) >= 11 is 5.16. The molecule has 2 aromatic heterocycles. The quantitative estimate of drug-likeness (QED) is 0.683. The average molecular weight is 421 g/mol. The lowest BCUT2D eigenvalue weighted by Gasteiger charge is -2.32. The van der Waals surface area contributed by atoms with E-state index in [0.717, 1.165) is 21.7 Å². The molecule has 128 valence electrons. The summed E-state index contributed by atoms with van der Waals surface area (Å²) in [7, 11) is 0. The first kappa shape index (κ1) is 16.2. The lowest BCUT2D eigenvalue weighted by atomic mass is 10.2. The third kappa shape index (κ3) is 3.29. The fourth-order valence-corrected chi connectivity index (χ4v) is 3.91. The van der Waals surface area contributed by atoms with Gasteiger partial charge in [-0.2, -0.15) is 17.0 Å². The van der Waals surface area contributed by atoms with E-state index in [-0.39, 0.29) is 11.9 Å². The molecule has 1 aliphatic rings. The summed E-state index contributed by atoms with van der Waals surface area (Å²) < 4.78 is 2.56. The molecule has 3 heterocycles. The van der Waals surface area contributed by atoms with Gasteiger partial charge in [0.15, 0.2) is 11.5 Å². The van der Waals surface area contributed by atoms with Crippen LogP contribution in [0, 0.1) is 0 Å². The van der Waals surface area contributed by atoms with Gasteiger partial charge < -0.3 is 4.90 Å². The number of carbonyl (C=O) groups excluding carboxylic acids is 1. The van der Waals surface area contributed by atoms with E-state index in [9.17, 15) is 4.79 Å². The molecule has 0 aliphatic carbocycles. The fraction of sp³-hybridized carbons (Fsp3) is 0.286. The zero-order valence-electron chi connectivity index (χ0n) is 12.9. The third-order valence-corrected chi connectivity index (χ3v) is 5.40. The van der Waals surface area contributed by atoms with Crippen LogP contribution < -0.4 is 0 Å². The van der Waals surface area contributed by atoms with Gasteiger partial charge in [-0.1, -0.05) is 26.4 Å². The van der Waals surface area contributed by atoms with E-state index in [2.05, 4.69) is 46.9 Å². The second kappa shape index (κ2) is 6.92. The number of amides is 1. The Morgan fingerprint density at radius 3 is 2.88 bits per heavy atom. The molecule has 25 heavy (non-hydrogen) atoms. The Labute approximate surface area is 155 Å². The molecule has 1 fully saturated rings. The van der Waals surface area contributed by atoms with E-state index in [0.29, 0.717) is 18.1 Å². The number of halogens is 1. The molecule has 0 radical (unpaired) electrons. The van der Waals surface area contributed by atoms with E-state index in [1.165, 1.54) is 0 Å². The molecule has 0 bridgehead atoms. The average Bonchev–Trinajstić information content (AvgIpc) is 3.34. The van der Waals surface area contributed by atoms with Gasteiger partial charge >= 0.3 is 0 Å². The predicted octanol–water partition coefficient (Wildman–Crippen LogP) is 1.47. The molecule has 1 unspecified atom stereocenters. The Morgan fingerprint density at radius 2 is 2.12 bits per heavy atom. The summed E-state index contributed by atoms with van der Waals surface area (Å²) in [4.78, 5) is 14.6. The Morgan fingerprint density at radius 1 is 1.28 bits per heavy atom. The lowest BCUT2D eigenvalue weighted by Crippen LogP contribution is -2.41. The normalized spacial score (nSPS) is 17.6. The predicted molar refractivity (Wildman–Crippen MR) is 94.3 cm³/mol. The highest BCUT2D eigenvalue weighted by molar-refractivity contribution is 9.10. The highest BCUT2D eigenvalue weighted by atomic mass is 79.9. The molecule has 0 saturated carbocycles. The van der Waals surface area contributed by atoms with Crippen molar-refractivity contribution in [2.45, 2.75) is 6.04 Å². The highest BCUT2D eigenvalue weighted by Crippen LogP contribution is 2.28. The van der Waals surface area contributed by atoms with Crippen LogP contribution in [0.4, 0.5) is 0 Å².